The number of rotatable bonds is 2. The monoisotopic (exact) mass is 198 g/mol. The molecule has 3 N–H and O–H groups in total. The van der Waals surface area contributed by atoms with E-state index in [9.17, 15) is 9.59 Å². The Kier molecular flexibility index (Phi) is 1.99. The lowest BCUT2D eigenvalue weighted by Gasteiger charge is -2.33. The van der Waals surface area contributed by atoms with E-state index in [4.69, 9.17) is 10.8 Å². The van der Waals surface area contributed by atoms with Crippen LogP contribution in [0.25, 0.3) is 0 Å². The Labute approximate surface area is 81.9 Å². The normalized spacial score (nSPS) is 36.4. The Hall–Kier alpha value is -1.10. The van der Waals surface area contributed by atoms with Gasteiger partial charge in [0.2, 0.25) is 5.91 Å². The van der Waals surface area contributed by atoms with Gasteiger partial charge in [0.25, 0.3) is 0 Å². The summed E-state index contributed by atoms with van der Waals surface area (Å²) in [6.45, 7) is 2.20. The third kappa shape index (κ3) is 1.12. The first-order valence-corrected chi connectivity index (χ1v) is 4.81. The first kappa shape index (κ1) is 9.45. The molecule has 2 bridgehead atoms. The van der Waals surface area contributed by atoms with Crippen LogP contribution in [0.1, 0.15) is 13.3 Å². The molecule has 0 aromatic rings. The maximum absolute atomic E-state index is 11.6. The van der Waals surface area contributed by atoms with Crippen molar-refractivity contribution in [1.29, 1.82) is 0 Å². The van der Waals surface area contributed by atoms with Gasteiger partial charge in [0.15, 0.2) is 0 Å². The first-order valence-electron chi connectivity index (χ1n) is 4.81. The molecule has 1 amide bonds. The summed E-state index contributed by atoms with van der Waals surface area (Å²) in [4.78, 5) is 24.0. The first-order chi connectivity index (χ1) is 6.52. The fraction of sp³-hybridized carbons (Fsp3) is 0.778. The third-order valence-electron chi connectivity index (χ3n) is 3.26. The second-order valence-corrected chi connectivity index (χ2v) is 4.21. The minimum absolute atomic E-state index is 0.101. The summed E-state index contributed by atoms with van der Waals surface area (Å²) in [6, 6.07) is -0.625. The van der Waals surface area contributed by atoms with Crippen LogP contribution in [-0.2, 0) is 9.59 Å². The molecule has 5 nitrogen and oxygen atoms in total. The topological polar surface area (TPSA) is 83.6 Å². The molecule has 4 atom stereocenters. The van der Waals surface area contributed by atoms with Gasteiger partial charge in [-0.25, -0.2) is 0 Å². The summed E-state index contributed by atoms with van der Waals surface area (Å²) in [5.41, 5.74) is 5.48. The molecule has 2 aliphatic heterocycles. The van der Waals surface area contributed by atoms with Crippen LogP contribution in [0.2, 0.25) is 0 Å². The van der Waals surface area contributed by atoms with Crippen LogP contribution in [0, 0.1) is 11.8 Å². The summed E-state index contributed by atoms with van der Waals surface area (Å²) in [5, 5.41) is 8.88. The summed E-state index contributed by atoms with van der Waals surface area (Å²) >= 11 is 0. The highest BCUT2D eigenvalue weighted by molar-refractivity contribution is 5.84. The summed E-state index contributed by atoms with van der Waals surface area (Å²) < 4.78 is 0. The maximum atomic E-state index is 11.6. The number of aliphatic carboxylic acids is 1. The average Bonchev–Trinajstić information content (AvgIpc) is 2.57. The predicted molar refractivity (Wildman–Crippen MR) is 48.4 cm³/mol. The molecule has 3 fully saturated rings. The molecule has 0 aromatic heterocycles. The van der Waals surface area contributed by atoms with Gasteiger partial charge in [0, 0.05) is 12.6 Å². The van der Waals surface area contributed by atoms with Crippen molar-refractivity contribution in [2.24, 2.45) is 17.6 Å². The van der Waals surface area contributed by atoms with Crippen molar-refractivity contribution < 1.29 is 14.7 Å². The molecule has 0 spiro atoms. The minimum Gasteiger partial charge on any atom is -0.481 e. The van der Waals surface area contributed by atoms with Crippen molar-refractivity contribution in [2.45, 2.75) is 25.4 Å². The summed E-state index contributed by atoms with van der Waals surface area (Å²) in [7, 11) is 0. The largest absolute Gasteiger partial charge is 0.481 e. The number of nitrogens with zero attached hydrogens (tertiary/aromatic N) is 1. The summed E-state index contributed by atoms with van der Waals surface area (Å²) in [6.07, 6.45) is 0.829. The molecular weight excluding hydrogens is 184 g/mol. The molecule has 4 unspecified atom stereocenters. The molecule has 2 heterocycles. The van der Waals surface area contributed by atoms with Crippen molar-refractivity contribution in [3.8, 4) is 0 Å². The fourth-order valence-corrected chi connectivity index (χ4v) is 2.50. The molecular formula is C9H14N2O3. The van der Waals surface area contributed by atoms with Crippen LogP contribution < -0.4 is 5.73 Å². The number of fused-ring (bicyclic) bond motifs is 1. The lowest BCUT2D eigenvalue weighted by atomic mass is 9.74. The van der Waals surface area contributed by atoms with Gasteiger partial charge in [0.05, 0.1) is 12.0 Å². The quantitative estimate of drug-likeness (QED) is 0.612. The van der Waals surface area contributed by atoms with E-state index in [0.717, 1.165) is 6.42 Å². The minimum atomic E-state index is -0.786. The highest BCUT2D eigenvalue weighted by Gasteiger charge is 2.57. The Morgan fingerprint density at radius 1 is 1.57 bits per heavy atom. The van der Waals surface area contributed by atoms with Crippen LogP contribution in [0.5, 0.6) is 0 Å². The number of carbonyl (C=O) groups excluding carboxylic acids is 1. The number of carbonyl (C=O) groups is 2. The standard InChI is InChI=1S/C9H14N2O3/c1-4(10)8(12)11-3-5-2-6(11)7(5)9(13)14/h4-7H,2-3,10H2,1H3,(H,13,14). The van der Waals surface area contributed by atoms with Crippen molar-refractivity contribution in [1.82, 2.24) is 4.90 Å². The van der Waals surface area contributed by atoms with E-state index in [1.54, 1.807) is 11.8 Å². The van der Waals surface area contributed by atoms with Crippen LogP contribution in [0.4, 0.5) is 0 Å². The van der Waals surface area contributed by atoms with Crippen molar-refractivity contribution in [3.63, 3.8) is 0 Å². The Bertz CT molecular complexity index is 290. The Morgan fingerprint density at radius 3 is 2.64 bits per heavy atom. The molecule has 14 heavy (non-hydrogen) atoms. The lowest BCUT2D eigenvalue weighted by molar-refractivity contribution is -0.148. The van der Waals surface area contributed by atoms with Crippen molar-refractivity contribution in [2.75, 3.05) is 6.54 Å². The second kappa shape index (κ2) is 2.95. The van der Waals surface area contributed by atoms with Crippen LogP contribution in [-0.4, -0.2) is 40.5 Å². The highest BCUT2D eigenvalue weighted by atomic mass is 16.4. The van der Waals surface area contributed by atoms with E-state index in [-0.39, 0.29) is 23.8 Å². The van der Waals surface area contributed by atoms with E-state index in [1.807, 2.05) is 0 Å². The smallest absolute Gasteiger partial charge is 0.308 e. The molecule has 5 heteroatoms. The predicted octanol–water partition coefficient (Wildman–Crippen LogP) is -0.735. The summed E-state index contributed by atoms with van der Waals surface area (Å²) in [5.74, 6) is -1.11. The van der Waals surface area contributed by atoms with E-state index in [2.05, 4.69) is 0 Å². The SMILES string of the molecule is CC(N)C(=O)N1CC2CC1C2C(=O)O. The molecule has 2 saturated heterocycles. The zero-order valence-corrected chi connectivity index (χ0v) is 8.01. The van der Waals surface area contributed by atoms with Gasteiger partial charge in [0.1, 0.15) is 0 Å². The lowest BCUT2D eigenvalue weighted by Crippen LogP contribution is -2.48. The zero-order valence-electron chi connectivity index (χ0n) is 8.01. The van der Waals surface area contributed by atoms with Gasteiger partial charge >= 0.3 is 5.97 Å². The maximum Gasteiger partial charge on any atom is 0.308 e. The van der Waals surface area contributed by atoms with Crippen molar-refractivity contribution >= 4 is 11.9 Å². The van der Waals surface area contributed by atoms with E-state index in [0.29, 0.717) is 6.54 Å². The zero-order chi connectivity index (χ0) is 10.5. The van der Waals surface area contributed by atoms with Gasteiger partial charge < -0.3 is 15.7 Å². The van der Waals surface area contributed by atoms with Gasteiger partial charge in [-0.3, -0.25) is 9.59 Å². The van der Waals surface area contributed by atoms with E-state index >= 15 is 0 Å². The van der Waals surface area contributed by atoms with Crippen LogP contribution in [0.15, 0.2) is 0 Å². The van der Waals surface area contributed by atoms with E-state index < -0.39 is 12.0 Å². The van der Waals surface area contributed by atoms with Crippen molar-refractivity contribution in [3.05, 3.63) is 0 Å². The molecule has 1 aliphatic carbocycles. The molecule has 3 aliphatic rings. The van der Waals surface area contributed by atoms with Gasteiger partial charge in [-0.15, -0.1) is 0 Å². The molecule has 1 saturated carbocycles. The number of carboxylic acids is 1. The molecule has 0 radical (unpaired) electrons. The number of carboxylic acid groups (broad SMARTS) is 1. The molecule has 3 rings (SSSR count). The Balaban J connectivity index is 2.07. The average molecular weight is 198 g/mol. The number of amides is 1. The number of nitrogens with two attached hydrogens (primary N) is 1. The number of hydrogen-bond acceptors (Lipinski definition) is 3. The van der Waals surface area contributed by atoms with Gasteiger partial charge in [-0.05, 0) is 19.3 Å². The highest BCUT2D eigenvalue weighted by Crippen LogP contribution is 2.46. The van der Waals surface area contributed by atoms with Crippen LogP contribution >= 0.6 is 0 Å². The second-order valence-electron chi connectivity index (χ2n) is 4.21. The molecule has 0 aromatic carbocycles. The van der Waals surface area contributed by atoms with E-state index in [1.165, 1.54) is 0 Å². The number of hydrogen-bond donors (Lipinski definition) is 2. The van der Waals surface area contributed by atoms with Gasteiger partial charge in [-0.1, -0.05) is 0 Å². The van der Waals surface area contributed by atoms with Crippen LogP contribution in [0.3, 0.4) is 0 Å². The third-order valence-corrected chi connectivity index (χ3v) is 3.26. The molecule has 78 valence electrons. The van der Waals surface area contributed by atoms with Gasteiger partial charge in [-0.2, -0.15) is 0 Å². The Morgan fingerprint density at radius 2 is 2.21 bits per heavy atom. The fourth-order valence-electron chi connectivity index (χ4n) is 2.50.